The van der Waals surface area contributed by atoms with Gasteiger partial charge < -0.3 is 0 Å². The molecule has 7 heteroatoms. The average Bonchev–Trinajstić information content (AvgIpc) is 3.89. The molecule has 372 valence electrons. The van der Waals surface area contributed by atoms with Gasteiger partial charge in [0.2, 0.25) is 5.95 Å². The number of aromatic nitrogens is 7. The van der Waals surface area contributed by atoms with Gasteiger partial charge in [0.1, 0.15) is 0 Å². The Morgan fingerprint density at radius 2 is 0.709 bits per heavy atom. The Hall–Kier alpha value is -10.5. The van der Waals surface area contributed by atoms with Crippen LogP contribution in [0.15, 0.2) is 279 Å². The summed E-state index contributed by atoms with van der Waals surface area (Å²) in [6.45, 7) is 0. The third-order valence-electron chi connectivity index (χ3n) is 14.8. The van der Waals surface area contributed by atoms with Gasteiger partial charge in [0.05, 0.1) is 11.0 Å². The number of nitrogens with zero attached hydrogens (tertiary/aromatic N) is 7. The van der Waals surface area contributed by atoms with Crippen LogP contribution in [0.5, 0.6) is 0 Å². The molecule has 0 fully saturated rings. The minimum Gasteiger partial charge on any atom is -0.278 e. The molecule has 79 heavy (non-hydrogen) atoms. The second kappa shape index (κ2) is 20.6. The Labute approximate surface area is 458 Å². The Morgan fingerprint density at radius 1 is 0.304 bits per heavy atom. The van der Waals surface area contributed by atoms with E-state index in [2.05, 4.69) is 211 Å². The molecule has 1 aliphatic carbocycles. The molecule has 1 aliphatic rings. The van der Waals surface area contributed by atoms with Crippen LogP contribution in [-0.2, 0) is 0 Å². The summed E-state index contributed by atoms with van der Waals surface area (Å²) in [5, 5.41) is 2.20. The second-order valence-electron chi connectivity index (χ2n) is 19.8. The van der Waals surface area contributed by atoms with E-state index in [1.807, 2.05) is 72.8 Å². The van der Waals surface area contributed by atoms with E-state index < -0.39 is 0 Å². The highest BCUT2D eigenvalue weighted by Crippen LogP contribution is 2.42. The highest BCUT2D eigenvalue weighted by Gasteiger charge is 2.23. The Morgan fingerprint density at radius 3 is 1.20 bits per heavy atom. The molecule has 0 saturated heterocycles. The third-order valence-corrected chi connectivity index (χ3v) is 14.8. The SMILES string of the molecule is C1=CCC(c2ccc3c(c2)c2c(-c4cccc(-c5nc(-c6cccc(-c7ccccc7)c6)nc(-c6cccc(-c7cccc(-c8ccccc8)c7)c6)n5)c4)cccc2n3-c2nc(-c3ccccc3)nc(-c3ccccc3)n2)C=C1. The Balaban J connectivity index is 0.939. The zero-order valence-corrected chi connectivity index (χ0v) is 43.0. The smallest absolute Gasteiger partial charge is 0.238 e. The molecule has 0 spiro atoms. The lowest BCUT2D eigenvalue weighted by Gasteiger charge is -2.14. The number of benzene rings is 10. The fraction of sp³-hybridized carbons (Fsp3) is 0.0278. The molecule has 14 rings (SSSR count). The van der Waals surface area contributed by atoms with Crippen molar-refractivity contribution in [1.29, 1.82) is 0 Å². The van der Waals surface area contributed by atoms with Crippen molar-refractivity contribution < 1.29 is 0 Å². The Bertz CT molecular complexity index is 4390. The van der Waals surface area contributed by atoms with Crippen molar-refractivity contribution in [3.63, 3.8) is 0 Å². The largest absolute Gasteiger partial charge is 0.278 e. The summed E-state index contributed by atoms with van der Waals surface area (Å²) >= 11 is 0. The van der Waals surface area contributed by atoms with E-state index >= 15 is 0 Å². The molecule has 10 aromatic carbocycles. The first-order valence-electron chi connectivity index (χ1n) is 26.7. The molecule has 0 radical (unpaired) electrons. The maximum atomic E-state index is 5.34. The first-order valence-corrected chi connectivity index (χ1v) is 26.7. The van der Waals surface area contributed by atoms with E-state index in [0.717, 1.165) is 95.0 Å². The lowest BCUT2D eigenvalue weighted by molar-refractivity contribution is 0.855. The van der Waals surface area contributed by atoms with Crippen LogP contribution in [0.3, 0.4) is 0 Å². The molecule has 7 nitrogen and oxygen atoms in total. The zero-order chi connectivity index (χ0) is 52.5. The fourth-order valence-electron chi connectivity index (χ4n) is 10.9. The van der Waals surface area contributed by atoms with Gasteiger partial charge in [-0.15, -0.1) is 0 Å². The fourth-order valence-corrected chi connectivity index (χ4v) is 10.9. The number of hydrogen-bond donors (Lipinski definition) is 0. The number of fused-ring (bicyclic) bond motifs is 3. The number of rotatable bonds is 11. The molecule has 0 aliphatic heterocycles. The number of hydrogen-bond acceptors (Lipinski definition) is 6. The van der Waals surface area contributed by atoms with Crippen molar-refractivity contribution in [2.75, 3.05) is 0 Å². The number of allylic oxidation sites excluding steroid dienone is 4. The quantitative estimate of drug-likeness (QED) is 0.128. The monoisotopic (exact) mass is 1010 g/mol. The minimum absolute atomic E-state index is 0.246. The standard InChI is InChI=1S/C72H49N7/c1-6-21-48(22-7-1)53-31-16-33-55(43-53)56-34-18-37-60(45-56)70-74-69(59-36-17-32-54(44-59)49-23-8-2-9-24-49)75-71(76-70)61-38-19-35-58(46-61)62-39-20-40-65-66(62)63-47-57(50-25-10-3-11-26-50)41-42-64(63)79(65)72-77-67(51-27-12-4-13-28-51)73-68(78-72)52-29-14-5-15-30-52/h1-25,27-47,50H,26H2. The van der Waals surface area contributed by atoms with Gasteiger partial charge in [0.15, 0.2) is 29.1 Å². The van der Waals surface area contributed by atoms with E-state index in [1.54, 1.807) is 0 Å². The first-order chi connectivity index (χ1) is 39.1. The average molecular weight is 1010 g/mol. The van der Waals surface area contributed by atoms with Crippen LogP contribution < -0.4 is 0 Å². The van der Waals surface area contributed by atoms with Crippen LogP contribution in [0.4, 0.5) is 0 Å². The zero-order valence-electron chi connectivity index (χ0n) is 43.0. The van der Waals surface area contributed by atoms with E-state index in [1.165, 1.54) is 11.1 Å². The molecular formula is C72H49N7. The van der Waals surface area contributed by atoms with Crippen molar-refractivity contribution in [3.8, 4) is 107 Å². The predicted molar refractivity (Wildman–Crippen MR) is 322 cm³/mol. The van der Waals surface area contributed by atoms with Gasteiger partial charge in [-0.1, -0.05) is 237 Å². The molecule has 13 aromatic rings. The highest BCUT2D eigenvalue weighted by atomic mass is 15.2. The van der Waals surface area contributed by atoms with Crippen molar-refractivity contribution in [2.24, 2.45) is 0 Å². The normalized spacial score (nSPS) is 13.0. The van der Waals surface area contributed by atoms with Gasteiger partial charge in [0.25, 0.3) is 0 Å². The molecule has 0 bridgehead atoms. The van der Waals surface area contributed by atoms with Crippen molar-refractivity contribution in [3.05, 3.63) is 285 Å². The lowest BCUT2D eigenvalue weighted by Crippen LogP contribution is -2.06. The van der Waals surface area contributed by atoms with Crippen molar-refractivity contribution >= 4 is 21.8 Å². The predicted octanol–water partition coefficient (Wildman–Crippen LogP) is 17.8. The molecule has 0 saturated carbocycles. The van der Waals surface area contributed by atoms with Crippen LogP contribution in [0.1, 0.15) is 17.9 Å². The van der Waals surface area contributed by atoms with Crippen LogP contribution in [0, 0.1) is 0 Å². The summed E-state index contributed by atoms with van der Waals surface area (Å²) in [7, 11) is 0. The van der Waals surface area contributed by atoms with Gasteiger partial charge in [-0.25, -0.2) is 19.9 Å². The maximum Gasteiger partial charge on any atom is 0.238 e. The highest BCUT2D eigenvalue weighted by molar-refractivity contribution is 6.16. The first kappa shape index (κ1) is 47.0. The van der Waals surface area contributed by atoms with Crippen molar-refractivity contribution in [2.45, 2.75) is 12.3 Å². The summed E-state index contributed by atoms with van der Waals surface area (Å²) in [6, 6.07) is 88.9. The second-order valence-corrected chi connectivity index (χ2v) is 19.8. The van der Waals surface area contributed by atoms with Crippen LogP contribution in [0.2, 0.25) is 0 Å². The molecule has 1 unspecified atom stereocenters. The molecular weight excluding hydrogens is 963 g/mol. The van der Waals surface area contributed by atoms with E-state index in [0.29, 0.717) is 35.1 Å². The molecule has 1 atom stereocenters. The summed E-state index contributed by atoms with van der Waals surface area (Å²) in [5.41, 5.74) is 16.5. The van der Waals surface area contributed by atoms with Gasteiger partial charge >= 0.3 is 0 Å². The maximum absolute atomic E-state index is 5.34. The molecule has 3 heterocycles. The third kappa shape index (κ3) is 9.30. The minimum atomic E-state index is 0.246. The summed E-state index contributed by atoms with van der Waals surface area (Å²) in [6.07, 6.45) is 9.76. The van der Waals surface area contributed by atoms with Gasteiger partial charge in [0, 0.05) is 44.5 Å². The van der Waals surface area contributed by atoms with Crippen LogP contribution in [-0.4, -0.2) is 34.5 Å². The van der Waals surface area contributed by atoms with E-state index in [9.17, 15) is 0 Å². The van der Waals surface area contributed by atoms with Crippen LogP contribution in [0.25, 0.3) is 129 Å². The van der Waals surface area contributed by atoms with Crippen LogP contribution >= 0.6 is 0 Å². The summed E-state index contributed by atoms with van der Waals surface area (Å²) < 4.78 is 2.21. The Kier molecular flexibility index (Phi) is 12.2. The summed E-state index contributed by atoms with van der Waals surface area (Å²) in [5.74, 6) is 3.74. The van der Waals surface area contributed by atoms with Gasteiger partial charge in [-0.2, -0.15) is 9.97 Å². The van der Waals surface area contributed by atoms with Gasteiger partial charge in [-0.3, -0.25) is 4.57 Å². The van der Waals surface area contributed by atoms with E-state index in [-0.39, 0.29) is 5.92 Å². The molecule has 0 amide bonds. The molecule has 0 N–H and O–H groups in total. The van der Waals surface area contributed by atoms with Crippen molar-refractivity contribution in [1.82, 2.24) is 34.5 Å². The topological polar surface area (TPSA) is 82.3 Å². The van der Waals surface area contributed by atoms with E-state index in [4.69, 9.17) is 29.9 Å². The van der Waals surface area contributed by atoms with Gasteiger partial charge in [-0.05, 0) is 99.0 Å². The molecule has 3 aromatic heterocycles. The lowest BCUT2D eigenvalue weighted by atomic mass is 9.91. The summed E-state index contributed by atoms with van der Waals surface area (Å²) in [4.78, 5) is 31.5.